The molecule has 0 saturated heterocycles. The van der Waals surface area contributed by atoms with Crippen molar-refractivity contribution in [3.05, 3.63) is 40.4 Å². The number of benzene rings is 1. The molecule has 0 radical (unpaired) electrons. The van der Waals surface area contributed by atoms with Crippen LogP contribution in [0.3, 0.4) is 0 Å². The van der Waals surface area contributed by atoms with Crippen molar-refractivity contribution in [2.45, 2.75) is 0 Å². The number of nitrogens with zero attached hydrogens (tertiary/aromatic N) is 2. The van der Waals surface area contributed by atoms with Crippen molar-refractivity contribution in [3.8, 4) is 22.3 Å². The zero-order valence-electron chi connectivity index (χ0n) is 8.18. The summed E-state index contributed by atoms with van der Waals surface area (Å²) in [6.45, 7) is 0. The van der Waals surface area contributed by atoms with Gasteiger partial charge in [-0.1, -0.05) is 0 Å². The van der Waals surface area contributed by atoms with Crippen molar-refractivity contribution in [2.75, 3.05) is 0 Å². The van der Waals surface area contributed by atoms with Gasteiger partial charge in [0.2, 0.25) is 0 Å². The van der Waals surface area contributed by atoms with Crippen molar-refractivity contribution >= 4 is 34.4 Å². The topological polar surface area (TPSA) is 47.6 Å². The molecule has 0 aliphatic carbocycles. The van der Waals surface area contributed by atoms with Crippen LogP contribution in [-0.4, -0.2) is 29.9 Å². The van der Waals surface area contributed by atoms with Gasteiger partial charge in [0.25, 0.3) is 0 Å². The van der Waals surface area contributed by atoms with Crippen LogP contribution in [0.15, 0.2) is 29.2 Å². The van der Waals surface area contributed by atoms with Crippen molar-refractivity contribution in [3.63, 3.8) is 0 Å². The second-order valence-electron chi connectivity index (χ2n) is 2.61. The summed E-state index contributed by atoms with van der Waals surface area (Å²) in [5.74, 6) is 2.54. The van der Waals surface area contributed by atoms with Gasteiger partial charge in [-0.2, -0.15) is 0 Å². The Labute approximate surface area is 107 Å². The van der Waals surface area contributed by atoms with E-state index in [0.29, 0.717) is 0 Å². The zero-order chi connectivity index (χ0) is 11.8. The van der Waals surface area contributed by atoms with Crippen LogP contribution < -0.4 is 0 Å². The van der Waals surface area contributed by atoms with Gasteiger partial charge in [-0.05, 0) is 0 Å². The van der Waals surface area contributed by atoms with E-state index in [2.05, 4.69) is 15.9 Å². The molecule has 0 heterocycles. The van der Waals surface area contributed by atoms with Crippen molar-refractivity contribution < 1.29 is 0 Å². The Morgan fingerprint density at radius 1 is 1.19 bits per heavy atom. The van der Waals surface area contributed by atoms with Crippen LogP contribution in [0.25, 0.3) is 4.47 Å². The van der Waals surface area contributed by atoms with Gasteiger partial charge in [0.15, 0.2) is 0 Å². The molecule has 0 unspecified atom stereocenters. The first-order valence-corrected chi connectivity index (χ1v) is 7.75. The molecule has 0 N–H and O–H groups in total. The summed E-state index contributed by atoms with van der Waals surface area (Å²) < 4.78 is 0.958. The molecule has 0 saturated carbocycles. The van der Waals surface area contributed by atoms with E-state index in [1.807, 2.05) is 29.2 Å². The second-order valence-corrected chi connectivity index (χ2v) is 5.71. The predicted octanol–water partition coefficient (Wildman–Crippen LogP) is 1.34. The van der Waals surface area contributed by atoms with Crippen LogP contribution in [-0.2, 0) is 0 Å². The Morgan fingerprint density at radius 2 is 1.88 bits per heavy atom. The molecule has 0 bridgehead atoms. The van der Waals surface area contributed by atoms with Crippen molar-refractivity contribution in [2.24, 2.45) is 0 Å². The van der Waals surface area contributed by atoms with E-state index in [9.17, 15) is 0 Å². The van der Waals surface area contributed by atoms with Crippen LogP contribution in [0.5, 0.6) is 0 Å². The molecule has 0 atom stereocenters. The monoisotopic (exact) mass is 338 g/mol. The molecule has 0 aromatic heterocycles. The summed E-state index contributed by atoms with van der Waals surface area (Å²) in [7, 11) is 0. The average molecular weight is 336 g/mol. The first-order chi connectivity index (χ1) is 7.81. The van der Waals surface area contributed by atoms with Crippen LogP contribution >= 0.6 is 0 Å². The second kappa shape index (κ2) is 6.92. The summed E-state index contributed by atoms with van der Waals surface area (Å²) in [6.07, 6.45) is 5.26. The molecule has 1 aromatic rings. The van der Waals surface area contributed by atoms with Gasteiger partial charge in [-0.3, -0.25) is 0 Å². The minimum atomic E-state index is -0.240. The fourth-order valence-corrected chi connectivity index (χ4v) is 3.52. The van der Waals surface area contributed by atoms with Gasteiger partial charge < -0.3 is 0 Å². The van der Waals surface area contributed by atoms with E-state index in [1.54, 1.807) is 0 Å². The summed E-state index contributed by atoms with van der Waals surface area (Å²) in [6, 6.07) is 7.48. The van der Waals surface area contributed by atoms with E-state index >= 15 is 0 Å². The molecule has 76 valence electrons. The Balaban J connectivity index is 3.00. The van der Waals surface area contributed by atoms with Gasteiger partial charge >= 0.3 is 108 Å². The normalized spacial score (nSPS) is 9.94. The maximum absolute atomic E-state index is 8.73. The zero-order valence-corrected chi connectivity index (χ0v) is 11.6. The summed E-state index contributed by atoms with van der Waals surface area (Å²) in [4.78, 5) is 6.12. The standard InChI is InChI=1S/C12H6N2Se2/c1-2-10-3-5-11(6-4-10)12(16-9-14)7-15-8-13/h1,3-7H/b12-7+. The van der Waals surface area contributed by atoms with Gasteiger partial charge in [0.05, 0.1) is 0 Å². The Kier molecular flexibility index (Phi) is 5.45. The van der Waals surface area contributed by atoms with E-state index in [0.717, 1.165) is 15.6 Å². The van der Waals surface area contributed by atoms with Gasteiger partial charge in [0, 0.05) is 0 Å². The first-order valence-electron chi connectivity index (χ1n) is 4.19. The molecule has 0 spiro atoms. The van der Waals surface area contributed by atoms with Crippen molar-refractivity contribution in [1.82, 2.24) is 0 Å². The summed E-state index contributed by atoms with van der Waals surface area (Å²) in [5.41, 5.74) is 1.80. The number of rotatable bonds is 3. The molecule has 0 fully saturated rings. The average Bonchev–Trinajstić information content (AvgIpc) is 2.35. The van der Waals surface area contributed by atoms with Crippen LogP contribution in [0.2, 0.25) is 0 Å². The van der Waals surface area contributed by atoms with E-state index in [-0.39, 0.29) is 29.9 Å². The third-order valence-electron chi connectivity index (χ3n) is 1.71. The van der Waals surface area contributed by atoms with Crippen molar-refractivity contribution in [1.29, 1.82) is 10.5 Å². The number of hydrogen-bond donors (Lipinski definition) is 0. The molecule has 1 aromatic carbocycles. The Bertz CT molecular complexity index is 510. The molecular weight excluding hydrogens is 330 g/mol. The fourth-order valence-electron chi connectivity index (χ4n) is 1.01. The number of nitriles is 2. The maximum atomic E-state index is 8.73. The first kappa shape index (κ1) is 12.6. The molecule has 1 rings (SSSR count). The Hall–Kier alpha value is -1.46. The number of terminal acetylenes is 1. The van der Waals surface area contributed by atoms with E-state index < -0.39 is 0 Å². The Morgan fingerprint density at radius 3 is 2.38 bits per heavy atom. The molecule has 2 nitrogen and oxygen atoms in total. The van der Waals surface area contributed by atoms with Crippen LogP contribution in [0, 0.1) is 32.8 Å². The summed E-state index contributed by atoms with van der Waals surface area (Å²) >= 11 is -0.436. The molecule has 0 amide bonds. The molecular formula is C12H6N2Se2. The quantitative estimate of drug-likeness (QED) is 0.618. The van der Waals surface area contributed by atoms with Gasteiger partial charge in [-0.25, -0.2) is 0 Å². The summed E-state index contributed by atoms with van der Waals surface area (Å²) in [5, 5.41) is 17.3. The van der Waals surface area contributed by atoms with Gasteiger partial charge in [-0.15, -0.1) is 0 Å². The fraction of sp³-hybridized carbons (Fsp3) is 0. The van der Waals surface area contributed by atoms with E-state index in [1.165, 1.54) is 0 Å². The molecule has 0 aliphatic heterocycles. The molecule has 4 heteroatoms. The third-order valence-corrected chi connectivity index (χ3v) is 4.82. The molecule has 0 aliphatic rings. The van der Waals surface area contributed by atoms with E-state index in [4.69, 9.17) is 16.9 Å². The predicted molar refractivity (Wildman–Crippen MR) is 65.1 cm³/mol. The number of hydrogen-bond acceptors (Lipinski definition) is 2. The van der Waals surface area contributed by atoms with Gasteiger partial charge in [0.1, 0.15) is 0 Å². The van der Waals surface area contributed by atoms with Crippen LogP contribution in [0.4, 0.5) is 0 Å². The van der Waals surface area contributed by atoms with Crippen LogP contribution in [0.1, 0.15) is 11.1 Å². The minimum absolute atomic E-state index is 0.196. The SMILES string of the molecule is C#Cc1ccc(/C(=C\[Se]C#N)[Se]C#N)cc1. The molecule has 16 heavy (non-hydrogen) atoms. The third kappa shape index (κ3) is 3.60.